The minimum atomic E-state index is -0.167. The van der Waals surface area contributed by atoms with Crippen molar-refractivity contribution in [2.24, 2.45) is 0 Å². The number of hydrogen-bond donors (Lipinski definition) is 3. The first-order chi connectivity index (χ1) is 7.15. The van der Waals surface area contributed by atoms with E-state index in [-0.39, 0.29) is 18.5 Å². The Morgan fingerprint density at radius 2 is 1.31 bits per heavy atom. The molecule has 0 atom stereocenters. The molecule has 0 heterocycles. The molecule has 0 amide bonds. The Morgan fingerprint density at radius 3 is 1.69 bits per heavy atom. The average Bonchev–Trinajstić information content (AvgIpc) is 2.16. The minimum Gasteiger partial charge on any atom is -0.396 e. The van der Waals surface area contributed by atoms with Crippen LogP contribution < -0.4 is 5.32 Å². The van der Waals surface area contributed by atoms with Crippen LogP contribution in [-0.2, 0) is 0 Å². The fraction of sp³-hybridized carbons (Fsp3) is 1.00. The molecule has 0 aromatic heterocycles. The lowest BCUT2D eigenvalue weighted by Gasteiger charge is -1.99. The van der Waals surface area contributed by atoms with E-state index in [1.165, 1.54) is 32.1 Å². The van der Waals surface area contributed by atoms with Gasteiger partial charge >= 0.3 is 0 Å². The Bertz CT molecular complexity index is 92.3. The van der Waals surface area contributed by atoms with Crippen molar-refractivity contribution in [3.05, 3.63) is 0 Å². The van der Waals surface area contributed by atoms with Crippen molar-refractivity contribution in [1.82, 2.24) is 5.32 Å². The quantitative estimate of drug-likeness (QED) is 0.584. The highest BCUT2D eigenvalue weighted by atomic mass is 35.5. The van der Waals surface area contributed by atoms with Crippen molar-refractivity contribution in [3.63, 3.8) is 0 Å². The largest absolute Gasteiger partial charge is 0.396 e. The van der Waals surface area contributed by atoms with Crippen LogP contribution in [0.15, 0.2) is 0 Å². The molecule has 0 fully saturated rings. The molecule has 0 bridgehead atoms. The highest BCUT2D eigenvalue weighted by Crippen LogP contribution is 2.03. The lowest BCUT2D eigenvalue weighted by molar-refractivity contribution is 0.216. The van der Waals surface area contributed by atoms with E-state index in [4.69, 9.17) is 10.2 Å². The summed E-state index contributed by atoms with van der Waals surface area (Å²) in [6.45, 7) is 4.94. The molecule has 0 aliphatic heterocycles. The van der Waals surface area contributed by atoms with Crippen molar-refractivity contribution in [1.29, 1.82) is 0 Å². The van der Waals surface area contributed by atoms with Crippen molar-refractivity contribution in [2.45, 2.75) is 58.5 Å². The van der Waals surface area contributed by atoms with E-state index in [9.17, 15) is 0 Å². The number of unbranched alkanes of at least 4 members (excludes halogenated alkanes) is 5. The van der Waals surface area contributed by atoms with Crippen molar-refractivity contribution < 1.29 is 10.2 Å². The number of hydrogen-bond acceptors (Lipinski definition) is 3. The van der Waals surface area contributed by atoms with Crippen molar-refractivity contribution >= 4 is 12.4 Å². The molecule has 3 N–H and O–H groups in total. The van der Waals surface area contributed by atoms with E-state index < -0.39 is 0 Å². The first-order valence-electron chi connectivity index (χ1n) is 6.08. The normalized spacial score (nSPS) is 9.38. The number of halogens is 1. The second-order valence-corrected chi connectivity index (χ2v) is 4.04. The first-order valence-corrected chi connectivity index (χ1v) is 6.08. The molecule has 0 aliphatic carbocycles. The molecule has 4 heteroatoms. The van der Waals surface area contributed by atoms with Crippen LogP contribution >= 0.6 is 12.4 Å². The van der Waals surface area contributed by atoms with Gasteiger partial charge in [-0.15, -0.1) is 12.4 Å². The maximum Gasteiger partial charge on any atom is 0.0483 e. The topological polar surface area (TPSA) is 52.5 Å². The van der Waals surface area contributed by atoms with Crippen LogP contribution in [0.25, 0.3) is 0 Å². The molecule has 16 heavy (non-hydrogen) atoms. The monoisotopic (exact) mass is 255 g/mol. The van der Waals surface area contributed by atoms with E-state index in [0.29, 0.717) is 6.61 Å². The maximum atomic E-state index is 8.50. The second-order valence-electron chi connectivity index (χ2n) is 4.04. The van der Waals surface area contributed by atoms with Crippen LogP contribution in [0, 0.1) is 0 Å². The summed E-state index contributed by atoms with van der Waals surface area (Å²) in [6, 6.07) is 0. The fourth-order valence-electron chi connectivity index (χ4n) is 1.12. The Labute approximate surface area is 107 Å². The number of aliphatic hydroxyl groups is 2. The summed E-state index contributed by atoms with van der Waals surface area (Å²) in [5, 5.41) is 19.7. The first kappa shape index (κ1) is 21.5. The van der Waals surface area contributed by atoms with Gasteiger partial charge in [0.25, 0.3) is 0 Å². The number of nitrogens with one attached hydrogen (secondary N) is 1. The van der Waals surface area contributed by atoms with Gasteiger partial charge in [-0.1, -0.05) is 25.7 Å². The number of aliphatic hydroxyl groups excluding tert-OH is 2. The third-order valence-electron chi connectivity index (χ3n) is 1.83. The molecule has 0 aliphatic rings. The Morgan fingerprint density at radius 1 is 0.938 bits per heavy atom. The number of rotatable bonds is 8. The van der Waals surface area contributed by atoms with Gasteiger partial charge in [0.15, 0.2) is 0 Å². The summed E-state index contributed by atoms with van der Waals surface area (Å²) >= 11 is 0. The van der Waals surface area contributed by atoms with Gasteiger partial charge in [-0.25, -0.2) is 0 Å². The maximum absolute atomic E-state index is 8.50. The van der Waals surface area contributed by atoms with Crippen LogP contribution in [0.1, 0.15) is 52.4 Å². The summed E-state index contributed by atoms with van der Waals surface area (Å²) in [5.41, 5.74) is 0. The molecule has 0 spiro atoms. The second kappa shape index (κ2) is 20.6. The lowest BCUT2D eigenvalue weighted by Crippen LogP contribution is -2.06. The Kier molecular flexibility index (Phi) is 27.6. The molecule has 0 aromatic rings. The standard InChI is InChI=1S/C9H21NO.C3H8O.ClH/c1-10-8-6-4-2-3-5-7-9-11;1-3(2)4;/h10-11H,2-9H2,1H3;3-4H,1-2H3;1H. The van der Waals surface area contributed by atoms with Crippen molar-refractivity contribution in [2.75, 3.05) is 20.2 Å². The third kappa shape index (κ3) is 36.8. The molecular formula is C12H30ClNO2. The van der Waals surface area contributed by atoms with Gasteiger partial charge in [-0.3, -0.25) is 0 Å². The molecule has 102 valence electrons. The SMILES string of the molecule is CC(C)O.CNCCCCCCCCO.Cl. The third-order valence-corrected chi connectivity index (χ3v) is 1.83. The Hall–Kier alpha value is 0.170. The molecule has 0 rings (SSSR count). The van der Waals surface area contributed by atoms with Crippen LogP contribution in [0.2, 0.25) is 0 Å². The van der Waals surface area contributed by atoms with E-state index >= 15 is 0 Å². The summed E-state index contributed by atoms with van der Waals surface area (Å²) in [7, 11) is 1.99. The molecular weight excluding hydrogens is 226 g/mol. The molecule has 0 unspecified atom stereocenters. The van der Waals surface area contributed by atoms with Gasteiger partial charge in [-0.05, 0) is 40.3 Å². The molecule has 0 saturated heterocycles. The predicted molar refractivity (Wildman–Crippen MR) is 73.3 cm³/mol. The zero-order valence-corrected chi connectivity index (χ0v) is 11.9. The summed E-state index contributed by atoms with van der Waals surface area (Å²) in [6.07, 6.45) is 7.22. The van der Waals surface area contributed by atoms with E-state index in [2.05, 4.69) is 5.32 Å². The smallest absolute Gasteiger partial charge is 0.0483 e. The minimum absolute atomic E-state index is 0. The molecule has 0 radical (unpaired) electrons. The fourth-order valence-corrected chi connectivity index (χ4v) is 1.12. The van der Waals surface area contributed by atoms with Gasteiger partial charge in [0.05, 0.1) is 0 Å². The highest BCUT2D eigenvalue weighted by Gasteiger charge is 1.89. The van der Waals surface area contributed by atoms with E-state index in [1.54, 1.807) is 13.8 Å². The van der Waals surface area contributed by atoms with Crippen LogP contribution in [0.3, 0.4) is 0 Å². The van der Waals surface area contributed by atoms with Crippen LogP contribution in [0.5, 0.6) is 0 Å². The molecule has 3 nitrogen and oxygen atoms in total. The molecule has 0 saturated carbocycles. The van der Waals surface area contributed by atoms with Gasteiger partial charge in [0.1, 0.15) is 0 Å². The van der Waals surface area contributed by atoms with Gasteiger partial charge in [0.2, 0.25) is 0 Å². The zero-order valence-electron chi connectivity index (χ0n) is 11.0. The highest BCUT2D eigenvalue weighted by molar-refractivity contribution is 5.85. The zero-order chi connectivity index (χ0) is 11.9. The summed E-state index contributed by atoms with van der Waals surface area (Å²) in [4.78, 5) is 0. The van der Waals surface area contributed by atoms with E-state index in [1.807, 2.05) is 7.05 Å². The average molecular weight is 256 g/mol. The lowest BCUT2D eigenvalue weighted by atomic mass is 10.1. The van der Waals surface area contributed by atoms with Crippen LogP contribution in [0.4, 0.5) is 0 Å². The van der Waals surface area contributed by atoms with E-state index in [0.717, 1.165) is 13.0 Å². The summed E-state index contributed by atoms with van der Waals surface area (Å²) < 4.78 is 0. The Balaban J connectivity index is -0.000000292. The van der Waals surface area contributed by atoms with Crippen molar-refractivity contribution in [3.8, 4) is 0 Å². The van der Waals surface area contributed by atoms with Gasteiger partial charge in [-0.2, -0.15) is 0 Å². The van der Waals surface area contributed by atoms with Gasteiger partial charge < -0.3 is 15.5 Å². The molecule has 0 aromatic carbocycles. The summed E-state index contributed by atoms with van der Waals surface area (Å²) in [5.74, 6) is 0. The van der Waals surface area contributed by atoms with Gasteiger partial charge in [0, 0.05) is 12.7 Å². The predicted octanol–water partition coefficient (Wildman–Crippen LogP) is 2.35. The van der Waals surface area contributed by atoms with Crippen LogP contribution in [-0.4, -0.2) is 36.5 Å².